The van der Waals surface area contributed by atoms with Gasteiger partial charge in [-0.1, -0.05) is 26.2 Å². The lowest BCUT2D eigenvalue weighted by Crippen LogP contribution is -2.58. The number of unbranched alkanes of at least 4 members (excludes halogenated alkanes) is 2. The summed E-state index contributed by atoms with van der Waals surface area (Å²) in [6.07, 6.45) is 2.32. The Morgan fingerprint density at radius 2 is 1.74 bits per heavy atom. The fourth-order valence-corrected chi connectivity index (χ4v) is 2.37. The Bertz CT molecular complexity index is 383. The quantitative estimate of drug-likeness (QED) is 0.207. The zero-order valence-corrected chi connectivity index (χ0v) is 13.7. The first-order valence-corrected chi connectivity index (χ1v) is 7.86. The first-order chi connectivity index (χ1) is 10.8. The maximum Gasteiger partial charge on any atom is 0.217 e. The minimum atomic E-state index is -1.74. The minimum absolute atomic E-state index is 0.507. The van der Waals surface area contributed by atoms with Crippen molar-refractivity contribution in [2.45, 2.75) is 70.0 Å². The van der Waals surface area contributed by atoms with Crippen LogP contribution in [0.3, 0.4) is 0 Å². The molecule has 7 nitrogen and oxygen atoms in total. The number of terminal acetylenes is 1. The molecule has 0 spiro atoms. The molecule has 0 aromatic carbocycles. The number of rotatable bonds is 11. The van der Waals surface area contributed by atoms with Crippen LogP contribution in [0, 0.1) is 18.3 Å². The number of amides is 1. The summed E-state index contributed by atoms with van der Waals surface area (Å²) < 4.78 is 0. The van der Waals surface area contributed by atoms with Crippen LogP contribution in [0.5, 0.6) is 0 Å². The van der Waals surface area contributed by atoms with Crippen molar-refractivity contribution >= 4 is 5.91 Å². The third kappa shape index (κ3) is 7.29. The van der Waals surface area contributed by atoms with E-state index in [9.17, 15) is 25.2 Å². The Balaban J connectivity index is 5.12. The molecule has 0 saturated carbocycles. The number of hydrogen-bond donors (Lipinski definition) is 6. The topological polar surface area (TPSA) is 130 Å². The van der Waals surface area contributed by atoms with Crippen LogP contribution in [-0.4, -0.2) is 68.5 Å². The van der Waals surface area contributed by atoms with Gasteiger partial charge in [-0.25, -0.2) is 0 Å². The average molecular weight is 331 g/mol. The Kier molecular flexibility index (Phi) is 10.8. The molecule has 0 heterocycles. The van der Waals surface area contributed by atoms with Crippen LogP contribution in [-0.2, 0) is 4.79 Å². The van der Waals surface area contributed by atoms with Crippen LogP contribution in [0.25, 0.3) is 0 Å². The highest BCUT2D eigenvalue weighted by Crippen LogP contribution is 2.19. The van der Waals surface area contributed by atoms with Crippen LogP contribution in [0.2, 0.25) is 0 Å². The van der Waals surface area contributed by atoms with Crippen molar-refractivity contribution in [2.75, 3.05) is 6.61 Å². The van der Waals surface area contributed by atoms with Crippen LogP contribution in [0.4, 0.5) is 0 Å². The Hall–Kier alpha value is -1.17. The van der Waals surface area contributed by atoms with Crippen LogP contribution in [0.15, 0.2) is 0 Å². The molecule has 1 amide bonds. The van der Waals surface area contributed by atoms with E-state index in [2.05, 4.69) is 11.2 Å². The highest BCUT2D eigenvalue weighted by molar-refractivity contribution is 5.73. The summed E-state index contributed by atoms with van der Waals surface area (Å²) in [5.74, 6) is 1.30. The van der Waals surface area contributed by atoms with Gasteiger partial charge >= 0.3 is 0 Å². The number of hydrogen-bond acceptors (Lipinski definition) is 6. The standard InChI is InChI=1S/C16H29NO6/c1-4-6-7-8-11(5-2)14(21)13(17-10(3)19)16(23)15(22)12(20)9-18/h2,11-16,18,20-23H,4,6-9H2,1,3H3,(H,17,19)/t11-,12-,13-,14+,15-,16-/m1/s1. The summed E-state index contributed by atoms with van der Waals surface area (Å²) in [5, 5.41) is 51.0. The molecule has 0 aliphatic carbocycles. The zero-order valence-electron chi connectivity index (χ0n) is 13.7. The van der Waals surface area contributed by atoms with Gasteiger partial charge in [-0.15, -0.1) is 12.3 Å². The molecule has 0 rings (SSSR count). The second kappa shape index (κ2) is 11.4. The molecule has 23 heavy (non-hydrogen) atoms. The monoisotopic (exact) mass is 331 g/mol. The van der Waals surface area contributed by atoms with E-state index < -0.39 is 48.9 Å². The first-order valence-electron chi connectivity index (χ1n) is 7.86. The van der Waals surface area contributed by atoms with Crippen molar-refractivity contribution in [2.24, 2.45) is 5.92 Å². The lowest BCUT2D eigenvalue weighted by molar-refractivity contribution is -0.128. The Labute approximate surface area is 137 Å². The molecule has 0 aliphatic rings. The predicted octanol–water partition coefficient (Wildman–Crippen LogP) is -1.24. The van der Waals surface area contributed by atoms with Crippen molar-refractivity contribution in [3.63, 3.8) is 0 Å². The molecule has 134 valence electrons. The van der Waals surface area contributed by atoms with Crippen molar-refractivity contribution in [3.8, 4) is 12.3 Å². The molecule has 0 saturated heterocycles. The summed E-state index contributed by atoms with van der Waals surface area (Å²) in [5.41, 5.74) is 0. The van der Waals surface area contributed by atoms with Gasteiger partial charge in [0.05, 0.1) is 18.8 Å². The molecule has 6 N–H and O–H groups in total. The zero-order chi connectivity index (χ0) is 18.0. The average Bonchev–Trinajstić information content (AvgIpc) is 2.53. The van der Waals surface area contributed by atoms with E-state index in [1.54, 1.807) is 0 Å². The molecule has 0 aromatic heterocycles. The minimum Gasteiger partial charge on any atom is -0.394 e. The maximum absolute atomic E-state index is 11.3. The number of nitrogens with one attached hydrogen (secondary N) is 1. The van der Waals surface area contributed by atoms with Gasteiger partial charge in [0.15, 0.2) is 0 Å². The van der Waals surface area contributed by atoms with Gasteiger partial charge in [0.1, 0.15) is 18.3 Å². The van der Waals surface area contributed by atoms with Crippen LogP contribution < -0.4 is 5.32 Å². The van der Waals surface area contributed by atoms with Gasteiger partial charge in [0.25, 0.3) is 0 Å². The van der Waals surface area contributed by atoms with Crippen molar-refractivity contribution in [1.29, 1.82) is 0 Å². The molecule has 0 aromatic rings. The smallest absolute Gasteiger partial charge is 0.217 e. The van der Waals surface area contributed by atoms with Crippen molar-refractivity contribution < 1.29 is 30.3 Å². The maximum atomic E-state index is 11.3. The van der Waals surface area contributed by atoms with Gasteiger partial charge in [-0.2, -0.15) is 0 Å². The normalized spacial score (nSPS) is 19.0. The molecule has 6 atom stereocenters. The molecular formula is C16H29NO6. The highest BCUT2D eigenvalue weighted by Gasteiger charge is 2.38. The van der Waals surface area contributed by atoms with Crippen molar-refractivity contribution in [3.05, 3.63) is 0 Å². The first kappa shape index (κ1) is 21.8. The summed E-state index contributed by atoms with van der Waals surface area (Å²) in [6, 6.07) is -1.26. The molecule has 0 aliphatic heterocycles. The van der Waals surface area contributed by atoms with E-state index in [4.69, 9.17) is 11.5 Å². The van der Waals surface area contributed by atoms with E-state index in [1.165, 1.54) is 6.92 Å². The molecule has 0 unspecified atom stereocenters. The van der Waals surface area contributed by atoms with Crippen molar-refractivity contribution in [1.82, 2.24) is 5.32 Å². The fraction of sp³-hybridized carbons (Fsp3) is 0.812. The van der Waals surface area contributed by atoms with E-state index in [0.29, 0.717) is 6.42 Å². The summed E-state index contributed by atoms with van der Waals surface area (Å²) >= 11 is 0. The number of carbonyl (C=O) groups is 1. The molecule has 0 fully saturated rings. The van der Waals surface area contributed by atoms with Crippen LogP contribution in [0.1, 0.15) is 39.5 Å². The number of aliphatic hydroxyl groups is 5. The van der Waals surface area contributed by atoms with Crippen LogP contribution >= 0.6 is 0 Å². The van der Waals surface area contributed by atoms with E-state index in [1.807, 2.05) is 6.92 Å². The van der Waals surface area contributed by atoms with Gasteiger partial charge in [-0.3, -0.25) is 4.79 Å². The fourth-order valence-electron chi connectivity index (χ4n) is 2.37. The van der Waals surface area contributed by atoms with Gasteiger partial charge in [0, 0.05) is 12.8 Å². The molecular weight excluding hydrogens is 302 g/mol. The lowest BCUT2D eigenvalue weighted by Gasteiger charge is -2.34. The molecule has 7 heteroatoms. The second-order valence-electron chi connectivity index (χ2n) is 5.72. The Morgan fingerprint density at radius 3 is 2.17 bits per heavy atom. The van der Waals surface area contributed by atoms with E-state index in [-0.39, 0.29) is 0 Å². The lowest BCUT2D eigenvalue weighted by atomic mass is 9.86. The second-order valence-corrected chi connectivity index (χ2v) is 5.72. The van der Waals surface area contributed by atoms with E-state index >= 15 is 0 Å². The number of aliphatic hydroxyl groups excluding tert-OH is 5. The number of carbonyl (C=O) groups excluding carboxylic acids is 1. The van der Waals surface area contributed by atoms with Gasteiger partial charge < -0.3 is 30.8 Å². The van der Waals surface area contributed by atoms with Gasteiger partial charge in [0.2, 0.25) is 5.91 Å². The molecule has 0 bridgehead atoms. The summed E-state index contributed by atoms with van der Waals surface area (Å²) in [6.45, 7) is 2.46. The van der Waals surface area contributed by atoms with Gasteiger partial charge in [-0.05, 0) is 6.42 Å². The Morgan fingerprint density at radius 1 is 1.13 bits per heavy atom. The summed E-state index contributed by atoms with van der Waals surface area (Å²) in [7, 11) is 0. The summed E-state index contributed by atoms with van der Waals surface area (Å²) in [4.78, 5) is 11.3. The SMILES string of the molecule is C#C[C@H](CCCCC)[C@H](O)[C@@H](NC(C)=O)[C@@H](O)[C@H](O)[C@H](O)CO. The predicted molar refractivity (Wildman–Crippen MR) is 85.2 cm³/mol. The largest absolute Gasteiger partial charge is 0.394 e. The van der Waals surface area contributed by atoms with E-state index in [0.717, 1.165) is 19.3 Å². The third-order valence-corrected chi connectivity index (χ3v) is 3.78. The highest BCUT2D eigenvalue weighted by atomic mass is 16.4. The third-order valence-electron chi connectivity index (χ3n) is 3.78. The molecule has 0 radical (unpaired) electrons.